The Hall–Kier alpha value is -0.910. The molecule has 20 heavy (non-hydrogen) atoms. The highest BCUT2D eigenvalue weighted by atomic mass is 79.9. The minimum Gasteiger partial charge on any atom is -0.478 e. The lowest BCUT2D eigenvalue weighted by Crippen LogP contribution is -2.16. The summed E-state index contributed by atoms with van der Waals surface area (Å²) in [5, 5.41) is 12.2. The quantitative estimate of drug-likeness (QED) is 0.674. The van der Waals surface area contributed by atoms with E-state index in [1.54, 1.807) is 12.1 Å². The number of hydrogen-bond acceptors (Lipinski definition) is 3. The van der Waals surface area contributed by atoms with Crippen molar-refractivity contribution >= 4 is 21.9 Å². The number of benzene rings is 1. The summed E-state index contributed by atoms with van der Waals surface area (Å²) < 4.78 is 6.30. The van der Waals surface area contributed by atoms with Crippen LogP contribution < -0.4 is 5.32 Å². The molecule has 0 saturated heterocycles. The molecule has 0 bridgehead atoms. The highest BCUT2D eigenvalue weighted by Crippen LogP contribution is 2.18. The molecule has 0 aliphatic carbocycles. The topological polar surface area (TPSA) is 58.6 Å². The Bertz CT molecular complexity index is 435. The van der Waals surface area contributed by atoms with Crippen molar-refractivity contribution in [2.45, 2.75) is 39.3 Å². The van der Waals surface area contributed by atoms with Crippen LogP contribution in [0.3, 0.4) is 0 Å². The van der Waals surface area contributed by atoms with Gasteiger partial charge in [-0.2, -0.15) is 0 Å². The first-order chi connectivity index (χ1) is 9.50. The number of carboxylic acids is 1. The van der Waals surface area contributed by atoms with Crippen molar-refractivity contribution in [1.82, 2.24) is 5.32 Å². The molecule has 1 aromatic rings. The van der Waals surface area contributed by atoms with E-state index in [1.807, 2.05) is 19.9 Å². The number of ether oxygens (including phenoxy) is 1. The molecule has 0 atom stereocenters. The average Bonchev–Trinajstić information content (AvgIpc) is 2.38. The van der Waals surface area contributed by atoms with Gasteiger partial charge in [-0.1, -0.05) is 22.0 Å². The van der Waals surface area contributed by atoms with E-state index < -0.39 is 5.97 Å². The van der Waals surface area contributed by atoms with Crippen LogP contribution in [0.25, 0.3) is 0 Å². The fraction of sp³-hybridized carbons (Fsp3) is 0.533. The van der Waals surface area contributed by atoms with Gasteiger partial charge in [0.1, 0.15) is 0 Å². The molecule has 0 unspecified atom stereocenters. The summed E-state index contributed by atoms with van der Waals surface area (Å²) in [7, 11) is 0. The lowest BCUT2D eigenvalue weighted by atomic mass is 10.1. The molecule has 0 spiro atoms. The van der Waals surface area contributed by atoms with Crippen LogP contribution >= 0.6 is 15.9 Å². The van der Waals surface area contributed by atoms with E-state index in [0.717, 1.165) is 42.6 Å². The monoisotopic (exact) mass is 343 g/mol. The molecule has 112 valence electrons. The normalized spacial score (nSPS) is 11.0. The maximum absolute atomic E-state index is 10.8. The maximum atomic E-state index is 10.8. The molecule has 0 aliphatic heterocycles. The summed E-state index contributed by atoms with van der Waals surface area (Å²) >= 11 is 3.40. The summed E-state index contributed by atoms with van der Waals surface area (Å²) in [5.74, 6) is -0.907. The van der Waals surface area contributed by atoms with Gasteiger partial charge in [0.05, 0.1) is 11.7 Å². The number of nitrogens with one attached hydrogen (secondary N) is 1. The predicted octanol–water partition coefficient (Wildman–Crippen LogP) is 3.44. The maximum Gasteiger partial charge on any atom is 0.335 e. The molecule has 0 saturated carbocycles. The summed E-state index contributed by atoms with van der Waals surface area (Å²) in [4.78, 5) is 10.8. The molecular weight excluding hydrogens is 322 g/mol. The third-order valence-corrected chi connectivity index (χ3v) is 3.55. The number of carbonyl (C=O) groups is 1. The summed E-state index contributed by atoms with van der Waals surface area (Å²) in [5.41, 5.74) is 1.36. The third-order valence-electron chi connectivity index (χ3n) is 2.81. The second-order valence-corrected chi connectivity index (χ2v) is 5.77. The lowest BCUT2D eigenvalue weighted by molar-refractivity contribution is 0.0696. The SMILES string of the molecule is CC(C)OCCCCNCc1ccc(C(=O)O)cc1Br. The highest BCUT2D eigenvalue weighted by Gasteiger charge is 2.06. The number of aromatic carboxylic acids is 1. The molecule has 5 heteroatoms. The van der Waals surface area contributed by atoms with E-state index in [1.165, 1.54) is 0 Å². The van der Waals surface area contributed by atoms with Gasteiger partial charge in [0.2, 0.25) is 0 Å². The molecule has 0 amide bonds. The fourth-order valence-electron chi connectivity index (χ4n) is 1.72. The average molecular weight is 344 g/mol. The standard InChI is InChI=1S/C15H22BrNO3/c1-11(2)20-8-4-3-7-17-10-13-6-5-12(15(18)19)9-14(13)16/h5-6,9,11,17H,3-4,7-8,10H2,1-2H3,(H,18,19). The number of unbranched alkanes of at least 4 members (excludes halogenated alkanes) is 1. The first-order valence-electron chi connectivity index (χ1n) is 6.84. The van der Waals surface area contributed by atoms with Crippen LogP contribution in [0, 0.1) is 0 Å². The van der Waals surface area contributed by atoms with Gasteiger partial charge < -0.3 is 15.2 Å². The second-order valence-electron chi connectivity index (χ2n) is 4.91. The zero-order valence-electron chi connectivity index (χ0n) is 12.0. The minimum absolute atomic E-state index is 0.298. The molecule has 4 nitrogen and oxygen atoms in total. The molecule has 2 N–H and O–H groups in total. The summed E-state index contributed by atoms with van der Waals surface area (Å²) in [6, 6.07) is 5.10. The van der Waals surface area contributed by atoms with Gasteiger partial charge in [-0.15, -0.1) is 0 Å². The van der Waals surface area contributed by atoms with Crippen LogP contribution in [0.15, 0.2) is 22.7 Å². The molecule has 0 radical (unpaired) electrons. The lowest BCUT2D eigenvalue weighted by Gasteiger charge is -2.09. The van der Waals surface area contributed by atoms with Gasteiger partial charge in [0.25, 0.3) is 0 Å². The van der Waals surface area contributed by atoms with Crippen molar-refractivity contribution in [3.05, 3.63) is 33.8 Å². The van der Waals surface area contributed by atoms with Crippen LogP contribution in [-0.4, -0.2) is 30.3 Å². The Balaban J connectivity index is 2.24. The van der Waals surface area contributed by atoms with Gasteiger partial charge in [-0.05, 0) is 50.9 Å². The van der Waals surface area contributed by atoms with Crippen LogP contribution in [0.5, 0.6) is 0 Å². The van der Waals surface area contributed by atoms with Crippen LogP contribution in [-0.2, 0) is 11.3 Å². The van der Waals surface area contributed by atoms with Crippen LogP contribution in [0.4, 0.5) is 0 Å². The van der Waals surface area contributed by atoms with Crippen molar-refractivity contribution < 1.29 is 14.6 Å². The van der Waals surface area contributed by atoms with Gasteiger partial charge >= 0.3 is 5.97 Å². The predicted molar refractivity (Wildman–Crippen MR) is 83.1 cm³/mol. The molecule has 1 aromatic carbocycles. The van der Waals surface area contributed by atoms with E-state index >= 15 is 0 Å². The smallest absolute Gasteiger partial charge is 0.335 e. The Morgan fingerprint density at radius 1 is 1.40 bits per heavy atom. The highest BCUT2D eigenvalue weighted by molar-refractivity contribution is 9.10. The van der Waals surface area contributed by atoms with Crippen LogP contribution in [0.2, 0.25) is 0 Å². The zero-order chi connectivity index (χ0) is 15.0. The molecule has 0 aromatic heterocycles. The second kappa shape index (κ2) is 9.10. The molecular formula is C15H22BrNO3. The van der Waals surface area contributed by atoms with E-state index in [4.69, 9.17) is 9.84 Å². The summed E-state index contributed by atoms with van der Waals surface area (Å²) in [6.45, 7) is 6.53. The number of halogens is 1. The molecule has 0 heterocycles. The van der Waals surface area contributed by atoms with E-state index in [0.29, 0.717) is 11.7 Å². The van der Waals surface area contributed by atoms with Crippen molar-refractivity contribution in [2.75, 3.05) is 13.2 Å². The largest absolute Gasteiger partial charge is 0.478 e. The number of rotatable bonds is 9. The first-order valence-corrected chi connectivity index (χ1v) is 7.64. The van der Waals surface area contributed by atoms with E-state index in [9.17, 15) is 4.79 Å². The van der Waals surface area contributed by atoms with Crippen molar-refractivity contribution in [3.8, 4) is 0 Å². The van der Waals surface area contributed by atoms with Crippen molar-refractivity contribution in [1.29, 1.82) is 0 Å². The fourth-order valence-corrected chi connectivity index (χ4v) is 2.24. The molecule has 0 aliphatic rings. The Morgan fingerprint density at radius 2 is 2.15 bits per heavy atom. The number of carboxylic acid groups (broad SMARTS) is 1. The Kier molecular flexibility index (Phi) is 7.80. The Labute approximate surface area is 128 Å². The third kappa shape index (κ3) is 6.50. The Morgan fingerprint density at radius 3 is 2.75 bits per heavy atom. The molecule has 1 rings (SSSR count). The van der Waals surface area contributed by atoms with Gasteiger partial charge in [0, 0.05) is 17.6 Å². The summed E-state index contributed by atoms with van der Waals surface area (Å²) in [6.07, 6.45) is 2.41. The van der Waals surface area contributed by atoms with Crippen molar-refractivity contribution in [2.24, 2.45) is 0 Å². The van der Waals surface area contributed by atoms with Crippen LogP contribution in [0.1, 0.15) is 42.6 Å². The minimum atomic E-state index is -0.907. The molecule has 0 fully saturated rings. The van der Waals surface area contributed by atoms with Gasteiger partial charge in [-0.3, -0.25) is 0 Å². The van der Waals surface area contributed by atoms with E-state index in [-0.39, 0.29) is 0 Å². The van der Waals surface area contributed by atoms with E-state index in [2.05, 4.69) is 21.2 Å². The zero-order valence-corrected chi connectivity index (χ0v) is 13.6. The first kappa shape index (κ1) is 17.1. The van der Waals surface area contributed by atoms with Gasteiger partial charge in [0.15, 0.2) is 0 Å². The van der Waals surface area contributed by atoms with Crippen molar-refractivity contribution in [3.63, 3.8) is 0 Å². The van der Waals surface area contributed by atoms with Gasteiger partial charge in [-0.25, -0.2) is 4.79 Å². The number of hydrogen-bond donors (Lipinski definition) is 2.